The maximum absolute atomic E-state index is 12.8. The average molecular weight is 501 g/mol. The number of nitrogens with one attached hydrogen (secondary N) is 1. The molecule has 1 aromatic heterocycles. The third-order valence-corrected chi connectivity index (χ3v) is 5.96. The minimum absolute atomic E-state index is 0.249. The highest BCUT2D eigenvalue weighted by Crippen LogP contribution is 2.27. The highest BCUT2D eigenvalue weighted by atomic mass is 35.5. The van der Waals surface area contributed by atoms with Crippen molar-refractivity contribution in [3.05, 3.63) is 110 Å². The minimum Gasteiger partial charge on any atom is -0.487 e. The smallest absolute Gasteiger partial charge is 0.255 e. The Morgan fingerprint density at radius 1 is 1.00 bits per heavy atom. The fourth-order valence-corrected chi connectivity index (χ4v) is 3.94. The molecule has 0 saturated carbocycles. The quantitative estimate of drug-likeness (QED) is 0.296. The Balaban J connectivity index is 1.40. The summed E-state index contributed by atoms with van der Waals surface area (Å²) in [4.78, 5) is 12.8. The molecule has 3 aromatic carbocycles. The van der Waals surface area contributed by atoms with Crippen molar-refractivity contribution in [3.8, 4) is 5.75 Å². The summed E-state index contributed by atoms with van der Waals surface area (Å²) in [6.45, 7) is 2.66. The first-order valence-electron chi connectivity index (χ1n) is 10.1. The molecular weight excluding hydrogens is 481 g/mol. The Morgan fingerprint density at radius 3 is 2.55 bits per heavy atom. The number of nitrogens with zero attached hydrogens (tertiary/aromatic N) is 2. The summed E-state index contributed by atoms with van der Waals surface area (Å²) in [5.74, 6) is 0.360. The first kappa shape index (κ1) is 23.2. The minimum atomic E-state index is -0.249. The molecule has 1 heterocycles. The Morgan fingerprint density at radius 2 is 1.76 bits per heavy atom. The van der Waals surface area contributed by atoms with Crippen LogP contribution < -0.4 is 10.1 Å². The van der Waals surface area contributed by atoms with Crippen LogP contribution in [0, 0.1) is 6.92 Å². The molecule has 0 fully saturated rings. The molecule has 0 unspecified atom stereocenters. The molecule has 0 bridgehead atoms. The molecule has 1 N–H and O–H groups in total. The number of halogens is 3. The van der Waals surface area contributed by atoms with Crippen molar-refractivity contribution in [3.63, 3.8) is 0 Å². The van der Waals surface area contributed by atoms with Crippen LogP contribution in [0.4, 0.5) is 5.69 Å². The van der Waals surface area contributed by atoms with E-state index in [4.69, 9.17) is 39.5 Å². The number of hydrogen-bond acceptors (Lipinski definition) is 3. The Hall–Kier alpha value is -2.99. The van der Waals surface area contributed by atoms with Gasteiger partial charge in [0.25, 0.3) is 5.91 Å². The Bertz CT molecular complexity index is 1280. The molecular formula is C25H20Cl3N3O2. The van der Waals surface area contributed by atoms with Crippen LogP contribution in [-0.2, 0) is 13.2 Å². The van der Waals surface area contributed by atoms with Crippen LogP contribution in [0.5, 0.6) is 5.75 Å². The van der Waals surface area contributed by atoms with E-state index in [-0.39, 0.29) is 5.91 Å². The van der Waals surface area contributed by atoms with Gasteiger partial charge in [-0.2, -0.15) is 5.10 Å². The van der Waals surface area contributed by atoms with Crippen LogP contribution in [-0.4, -0.2) is 15.7 Å². The van der Waals surface area contributed by atoms with E-state index in [1.807, 2.05) is 31.2 Å². The predicted octanol–water partition coefficient (Wildman–Crippen LogP) is 7.03. The van der Waals surface area contributed by atoms with Gasteiger partial charge in [0.2, 0.25) is 0 Å². The highest BCUT2D eigenvalue weighted by Gasteiger charge is 2.11. The van der Waals surface area contributed by atoms with Gasteiger partial charge in [-0.3, -0.25) is 9.48 Å². The first-order chi connectivity index (χ1) is 15.9. The monoisotopic (exact) mass is 499 g/mol. The summed E-state index contributed by atoms with van der Waals surface area (Å²) in [7, 11) is 0. The number of carbonyl (C=O) groups excluding carboxylic acids is 1. The highest BCUT2D eigenvalue weighted by molar-refractivity contribution is 6.36. The number of ether oxygens (including phenoxy) is 1. The summed E-state index contributed by atoms with van der Waals surface area (Å²) in [5.41, 5.74) is 3.75. The number of anilines is 1. The maximum Gasteiger partial charge on any atom is 0.255 e. The molecule has 0 aliphatic heterocycles. The summed E-state index contributed by atoms with van der Waals surface area (Å²) in [6, 6.07) is 18.2. The van der Waals surface area contributed by atoms with E-state index >= 15 is 0 Å². The first-order valence-corrected chi connectivity index (χ1v) is 11.3. The van der Waals surface area contributed by atoms with Crippen molar-refractivity contribution in [2.45, 2.75) is 20.1 Å². The molecule has 0 aliphatic rings. The molecule has 5 nitrogen and oxygen atoms in total. The molecule has 4 aromatic rings. The Kier molecular flexibility index (Phi) is 7.23. The van der Waals surface area contributed by atoms with Crippen molar-refractivity contribution in [2.75, 3.05) is 5.32 Å². The normalized spacial score (nSPS) is 10.8. The molecule has 0 spiro atoms. The van der Waals surface area contributed by atoms with Gasteiger partial charge in [-0.15, -0.1) is 0 Å². The number of amides is 1. The predicted molar refractivity (Wildman–Crippen MR) is 133 cm³/mol. The third kappa shape index (κ3) is 5.88. The topological polar surface area (TPSA) is 56.1 Å². The van der Waals surface area contributed by atoms with Crippen molar-refractivity contribution in [1.29, 1.82) is 0 Å². The van der Waals surface area contributed by atoms with Gasteiger partial charge in [-0.05, 0) is 54.4 Å². The van der Waals surface area contributed by atoms with Gasteiger partial charge in [0.1, 0.15) is 12.4 Å². The fourth-order valence-electron chi connectivity index (χ4n) is 3.25. The lowest BCUT2D eigenvalue weighted by molar-refractivity contribution is 0.102. The number of aromatic nitrogens is 2. The number of benzene rings is 3. The van der Waals surface area contributed by atoms with Crippen molar-refractivity contribution in [1.82, 2.24) is 9.78 Å². The van der Waals surface area contributed by atoms with Crippen LogP contribution in [0.15, 0.2) is 73.1 Å². The zero-order valence-electron chi connectivity index (χ0n) is 17.7. The molecule has 0 saturated heterocycles. The zero-order chi connectivity index (χ0) is 23.4. The lowest BCUT2D eigenvalue weighted by atomic mass is 10.1. The second kappa shape index (κ2) is 10.3. The summed E-state index contributed by atoms with van der Waals surface area (Å²) in [6.07, 6.45) is 3.31. The average Bonchev–Trinajstić information content (AvgIpc) is 3.24. The second-order valence-corrected chi connectivity index (χ2v) is 8.73. The summed E-state index contributed by atoms with van der Waals surface area (Å²) >= 11 is 18.7. The van der Waals surface area contributed by atoms with E-state index in [1.54, 1.807) is 53.5 Å². The van der Waals surface area contributed by atoms with Gasteiger partial charge in [0.15, 0.2) is 0 Å². The molecule has 1 amide bonds. The maximum atomic E-state index is 12.8. The van der Waals surface area contributed by atoms with Crippen LogP contribution in [0.2, 0.25) is 15.1 Å². The van der Waals surface area contributed by atoms with Gasteiger partial charge in [0.05, 0.1) is 23.5 Å². The van der Waals surface area contributed by atoms with Crippen LogP contribution in [0.25, 0.3) is 0 Å². The van der Waals surface area contributed by atoms with Gasteiger partial charge >= 0.3 is 0 Å². The van der Waals surface area contributed by atoms with Crippen molar-refractivity contribution >= 4 is 46.4 Å². The van der Waals surface area contributed by atoms with E-state index in [0.717, 1.165) is 16.7 Å². The van der Waals surface area contributed by atoms with Gasteiger partial charge in [-0.25, -0.2) is 0 Å². The SMILES string of the molecule is Cc1ccc(Cl)c(OCc2cccc(C(=O)Nc3cnn(Cc4c(Cl)cccc4Cl)c3)c2)c1. The number of hydrogen-bond donors (Lipinski definition) is 1. The number of aryl methyl sites for hydroxylation is 1. The van der Waals surface area contributed by atoms with Gasteiger partial charge in [-0.1, -0.05) is 59.1 Å². The lowest BCUT2D eigenvalue weighted by Crippen LogP contribution is -2.12. The molecule has 0 aliphatic carbocycles. The van der Waals surface area contributed by atoms with E-state index in [1.165, 1.54) is 0 Å². The van der Waals surface area contributed by atoms with Crippen molar-refractivity contribution in [2.24, 2.45) is 0 Å². The number of carbonyl (C=O) groups is 1. The summed E-state index contributed by atoms with van der Waals surface area (Å²) in [5, 5.41) is 8.82. The molecule has 4 rings (SSSR count). The third-order valence-electron chi connectivity index (χ3n) is 4.94. The van der Waals surface area contributed by atoms with E-state index < -0.39 is 0 Å². The van der Waals surface area contributed by atoms with E-state index in [0.29, 0.717) is 45.2 Å². The van der Waals surface area contributed by atoms with E-state index in [9.17, 15) is 4.79 Å². The van der Waals surface area contributed by atoms with Crippen LogP contribution in [0.3, 0.4) is 0 Å². The number of rotatable bonds is 7. The molecule has 0 radical (unpaired) electrons. The Labute approximate surface area is 206 Å². The largest absolute Gasteiger partial charge is 0.487 e. The van der Waals surface area contributed by atoms with Gasteiger partial charge < -0.3 is 10.1 Å². The fraction of sp³-hybridized carbons (Fsp3) is 0.120. The van der Waals surface area contributed by atoms with E-state index in [2.05, 4.69) is 10.4 Å². The summed E-state index contributed by atoms with van der Waals surface area (Å²) < 4.78 is 7.50. The zero-order valence-corrected chi connectivity index (χ0v) is 20.0. The van der Waals surface area contributed by atoms with Gasteiger partial charge in [0, 0.05) is 27.4 Å². The van der Waals surface area contributed by atoms with Crippen LogP contribution in [0.1, 0.15) is 27.0 Å². The molecule has 8 heteroatoms. The van der Waals surface area contributed by atoms with Crippen molar-refractivity contribution < 1.29 is 9.53 Å². The second-order valence-electron chi connectivity index (χ2n) is 7.50. The molecule has 168 valence electrons. The lowest BCUT2D eigenvalue weighted by Gasteiger charge is -2.10. The molecule has 0 atom stereocenters. The van der Waals surface area contributed by atoms with Crippen LogP contribution >= 0.6 is 34.8 Å². The molecule has 33 heavy (non-hydrogen) atoms. The standard InChI is InChI=1S/C25H20Cl3N3O2/c1-16-8-9-23(28)24(10-16)33-15-17-4-2-5-18(11-17)25(32)30-19-12-29-31(13-19)14-20-21(26)6-3-7-22(20)27/h2-13H,14-15H2,1H3,(H,30,32).